The summed E-state index contributed by atoms with van der Waals surface area (Å²) in [4.78, 5) is 16.9. The highest BCUT2D eigenvalue weighted by atomic mass is 16.2. The predicted molar refractivity (Wildman–Crippen MR) is 78.2 cm³/mol. The number of rotatable bonds is 4. The highest BCUT2D eigenvalue weighted by Crippen LogP contribution is 2.17. The van der Waals surface area contributed by atoms with Gasteiger partial charge in [0.2, 0.25) is 5.91 Å². The molecular weight excluding hydrogens is 238 g/mol. The quantitative estimate of drug-likeness (QED) is 0.838. The lowest BCUT2D eigenvalue weighted by Crippen LogP contribution is -2.45. The zero-order valence-electron chi connectivity index (χ0n) is 12.4. The van der Waals surface area contributed by atoms with Gasteiger partial charge in [0, 0.05) is 25.7 Å². The van der Waals surface area contributed by atoms with Crippen molar-refractivity contribution in [1.29, 1.82) is 0 Å². The van der Waals surface area contributed by atoms with E-state index in [1.54, 1.807) is 0 Å². The van der Waals surface area contributed by atoms with Gasteiger partial charge < -0.3 is 10.2 Å². The topological polar surface area (TPSA) is 35.6 Å². The van der Waals surface area contributed by atoms with Crippen molar-refractivity contribution >= 4 is 5.91 Å². The van der Waals surface area contributed by atoms with Gasteiger partial charge in [0.1, 0.15) is 0 Å². The molecule has 0 aromatic rings. The molecule has 2 heterocycles. The van der Waals surface area contributed by atoms with Gasteiger partial charge in [-0.3, -0.25) is 9.69 Å². The lowest BCUT2D eigenvalue weighted by molar-refractivity contribution is -0.133. The maximum atomic E-state index is 12.4. The van der Waals surface area contributed by atoms with Crippen LogP contribution in [0.2, 0.25) is 0 Å². The van der Waals surface area contributed by atoms with Crippen LogP contribution in [0.4, 0.5) is 0 Å². The summed E-state index contributed by atoms with van der Waals surface area (Å²) in [5, 5.41) is 3.24. The number of amides is 1. The first-order chi connectivity index (χ1) is 9.31. The molecule has 2 aliphatic heterocycles. The average molecular weight is 267 g/mol. The average Bonchev–Trinajstić information content (AvgIpc) is 2.76. The smallest absolute Gasteiger partial charge is 0.236 e. The fraction of sp³-hybridized carbons (Fsp3) is 0.933. The van der Waals surface area contributed by atoms with E-state index in [1.807, 2.05) is 7.05 Å². The van der Waals surface area contributed by atoms with Gasteiger partial charge in [-0.05, 0) is 39.3 Å². The predicted octanol–water partition coefficient (Wildman–Crippen LogP) is 1.46. The fourth-order valence-electron chi connectivity index (χ4n) is 3.34. The van der Waals surface area contributed by atoms with Crippen molar-refractivity contribution < 1.29 is 4.79 Å². The second-order valence-corrected chi connectivity index (χ2v) is 5.97. The van der Waals surface area contributed by atoms with Gasteiger partial charge in [-0.25, -0.2) is 0 Å². The minimum absolute atomic E-state index is 0.352. The van der Waals surface area contributed by atoms with Crippen molar-refractivity contribution in [2.45, 2.75) is 51.0 Å². The summed E-state index contributed by atoms with van der Waals surface area (Å²) in [5.41, 5.74) is 0. The number of likely N-dealkylation sites (tertiary alicyclic amines) is 2. The molecule has 1 atom stereocenters. The minimum Gasteiger partial charge on any atom is -0.342 e. The third kappa shape index (κ3) is 4.46. The Morgan fingerprint density at radius 2 is 1.74 bits per heavy atom. The van der Waals surface area contributed by atoms with Crippen LogP contribution < -0.4 is 5.32 Å². The van der Waals surface area contributed by atoms with Crippen molar-refractivity contribution in [3.8, 4) is 0 Å². The molecule has 1 N–H and O–H groups in total. The minimum atomic E-state index is 0.352. The van der Waals surface area contributed by atoms with Gasteiger partial charge in [-0.2, -0.15) is 0 Å². The first kappa shape index (κ1) is 14.8. The highest BCUT2D eigenvalue weighted by Gasteiger charge is 2.27. The largest absolute Gasteiger partial charge is 0.342 e. The van der Waals surface area contributed by atoms with Crippen LogP contribution in [-0.2, 0) is 4.79 Å². The molecule has 4 nitrogen and oxygen atoms in total. The normalized spacial score (nSPS) is 26.2. The summed E-state index contributed by atoms with van der Waals surface area (Å²) in [6, 6.07) is 0.559. The molecular formula is C15H29N3O. The molecule has 2 fully saturated rings. The maximum absolute atomic E-state index is 12.4. The Bertz CT molecular complexity index is 275. The van der Waals surface area contributed by atoms with Gasteiger partial charge in [0.15, 0.2) is 0 Å². The second-order valence-electron chi connectivity index (χ2n) is 5.97. The van der Waals surface area contributed by atoms with Gasteiger partial charge >= 0.3 is 0 Å². The molecule has 0 radical (unpaired) electrons. The van der Waals surface area contributed by atoms with Crippen molar-refractivity contribution in [3.05, 3.63) is 0 Å². The van der Waals surface area contributed by atoms with Gasteiger partial charge in [-0.15, -0.1) is 0 Å². The molecule has 0 spiro atoms. The van der Waals surface area contributed by atoms with Crippen LogP contribution in [-0.4, -0.2) is 61.5 Å². The summed E-state index contributed by atoms with van der Waals surface area (Å²) < 4.78 is 0. The Morgan fingerprint density at radius 1 is 1.05 bits per heavy atom. The maximum Gasteiger partial charge on any atom is 0.236 e. The first-order valence-electron chi connectivity index (χ1n) is 7.97. The molecule has 2 saturated heterocycles. The van der Waals surface area contributed by atoms with E-state index in [2.05, 4.69) is 15.1 Å². The number of carbonyl (C=O) groups excluding carboxylic acids is 1. The number of likely N-dealkylation sites (N-methyl/N-ethyl adjacent to an activating group) is 1. The van der Waals surface area contributed by atoms with Crippen LogP contribution in [0.5, 0.6) is 0 Å². The molecule has 0 aromatic heterocycles. The lowest BCUT2D eigenvalue weighted by atomic mass is 10.1. The molecule has 0 saturated carbocycles. The zero-order chi connectivity index (χ0) is 13.5. The zero-order valence-corrected chi connectivity index (χ0v) is 12.4. The SMILES string of the molecule is CNCC1CCCN1CC(=O)N1CCCCCCC1. The molecule has 4 heteroatoms. The summed E-state index contributed by atoms with van der Waals surface area (Å²) in [6.07, 6.45) is 8.76. The Hall–Kier alpha value is -0.610. The van der Waals surface area contributed by atoms with Crippen LogP contribution in [0.25, 0.3) is 0 Å². The highest BCUT2D eigenvalue weighted by molar-refractivity contribution is 5.78. The van der Waals surface area contributed by atoms with Crippen LogP contribution >= 0.6 is 0 Å². The van der Waals surface area contributed by atoms with Crippen molar-refractivity contribution in [2.75, 3.05) is 39.8 Å². The molecule has 0 aromatic carbocycles. The molecule has 0 aliphatic carbocycles. The van der Waals surface area contributed by atoms with Crippen molar-refractivity contribution in [1.82, 2.24) is 15.1 Å². The fourth-order valence-corrected chi connectivity index (χ4v) is 3.34. The summed E-state index contributed by atoms with van der Waals surface area (Å²) in [5.74, 6) is 0.352. The van der Waals surface area contributed by atoms with Crippen LogP contribution in [0, 0.1) is 0 Å². The van der Waals surface area contributed by atoms with Gasteiger partial charge in [-0.1, -0.05) is 19.3 Å². The van der Waals surface area contributed by atoms with Crippen molar-refractivity contribution in [2.24, 2.45) is 0 Å². The molecule has 2 rings (SSSR count). The Kier molecular flexibility index (Phi) is 6.11. The second kappa shape index (κ2) is 7.85. The number of carbonyl (C=O) groups is 1. The standard InChI is InChI=1S/C15H29N3O/c1-16-12-14-8-7-11-18(14)13-15(19)17-9-5-3-2-4-6-10-17/h14,16H,2-13H2,1H3. The molecule has 0 bridgehead atoms. The number of nitrogens with zero attached hydrogens (tertiary/aromatic N) is 2. The van der Waals surface area contributed by atoms with E-state index in [4.69, 9.17) is 0 Å². The van der Waals surface area contributed by atoms with Crippen LogP contribution in [0.15, 0.2) is 0 Å². The molecule has 2 aliphatic rings. The van der Waals surface area contributed by atoms with E-state index >= 15 is 0 Å². The number of hydrogen-bond acceptors (Lipinski definition) is 3. The van der Waals surface area contributed by atoms with Crippen LogP contribution in [0.1, 0.15) is 44.9 Å². The van der Waals surface area contributed by atoms with E-state index in [-0.39, 0.29) is 0 Å². The van der Waals surface area contributed by atoms with Crippen LogP contribution in [0.3, 0.4) is 0 Å². The van der Waals surface area contributed by atoms with E-state index < -0.39 is 0 Å². The summed E-state index contributed by atoms with van der Waals surface area (Å²) in [6.45, 7) is 4.68. The van der Waals surface area contributed by atoms with E-state index in [0.29, 0.717) is 18.5 Å². The third-order valence-corrected chi connectivity index (χ3v) is 4.49. The molecule has 19 heavy (non-hydrogen) atoms. The Labute approximate surface area is 117 Å². The van der Waals surface area contributed by atoms with E-state index in [9.17, 15) is 4.79 Å². The molecule has 1 unspecified atom stereocenters. The van der Waals surface area contributed by atoms with Gasteiger partial charge in [0.05, 0.1) is 6.54 Å². The Balaban J connectivity index is 1.81. The summed E-state index contributed by atoms with van der Waals surface area (Å²) in [7, 11) is 2.00. The van der Waals surface area contributed by atoms with E-state index in [0.717, 1.165) is 26.2 Å². The molecule has 110 valence electrons. The summed E-state index contributed by atoms with van der Waals surface area (Å²) >= 11 is 0. The molecule has 1 amide bonds. The van der Waals surface area contributed by atoms with E-state index in [1.165, 1.54) is 44.9 Å². The lowest BCUT2D eigenvalue weighted by Gasteiger charge is -2.29. The third-order valence-electron chi connectivity index (χ3n) is 4.49. The Morgan fingerprint density at radius 3 is 2.42 bits per heavy atom. The number of hydrogen-bond donors (Lipinski definition) is 1. The van der Waals surface area contributed by atoms with Gasteiger partial charge in [0.25, 0.3) is 0 Å². The monoisotopic (exact) mass is 267 g/mol. The first-order valence-corrected chi connectivity index (χ1v) is 7.97. The van der Waals surface area contributed by atoms with Crippen molar-refractivity contribution in [3.63, 3.8) is 0 Å². The number of nitrogens with one attached hydrogen (secondary N) is 1.